The molecule has 8 fully saturated rings. The molecule has 8 aliphatic rings. The summed E-state index contributed by atoms with van der Waals surface area (Å²) in [6.45, 7) is 20.5. The molecular weight excluding hydrogens is 801 g/mol. The number of esters is 1. The lowest BCUT2D eigenvalue weighted by Crippen LogP contribution is -2.62. The Balaban J connectivity index is 0.000000321. The number of Topliss-reactive ketones (excluding diaryl/α,β-unsaturated/α-hetero) is 1. The second-order valence-electron chi connectivity index (χ2n) is 23.7. The summed E-state index contributed by atoms with van der Waals surface area (Å²) in [5.74, 6) is 5.20. The van der Waals surface area contributed by atoms with Crippen molar-refractivity contribution >= 4 is 17.7 Å². The van der Waals surface area contributed by atoms with Crippen LogP contribution in [0.5, 0.6) is 0 Å². The number of aliphatic carboxylic acids is 1. The maximum atomic E-state index is 13.9. The van der Waals surface area contributed by atoms with Gasteiger partial charge in [-0.3, -0.25) is 14.4 Å². The van der Waals surface area contributed by atoms with E-state index in [1.165, 1.54) is 32.6 Å². The third-order valence-corrected chi connectivity index (χ3v) is 21.4. The van der Waals surface area contributed by atoms with Crippen molar-refractivity contribution in [2.75, 3.05) is 6.61 Å². The van der Waals surface area contributed by atoms with Gasteiger partial charge in [0.15, 0.2) is 0 Å². The van der Waals surface area contributed by atoms with Gasteiger partial charge in [-0.25, -0.2) is 0 Å². The maximum absolute atomic E-state index is 13.9. The average molecular weight is 903 g/mol. The Morgan fingerprint density at radius 3 is 1.77 bits per heavy atom. The molecule has 0 aliphatic heterocycles. The van der Waals surface area contributed by atoms with Crippen molar-refractivity contribution in [3.63, 3.8) is 0 Å². The molecule has 4 unspecified atom stereocenters. The predicted octanol–water partition coefficient (Wildman–Crippen LogP) is 12.7. The van der Waals surface area contributed by atoms with E-state index in [-0.39, 0.29) is 101 Å². The summed E-state index contributed by atoms with van der Waals surface area (Å²) < 4.78 is 5.66. The Morgan fingerprint density at radius 1 is 0.672 bits per heavy atom. The zero-order valence-corrected chi connectivity index (χ0v) is 39.2. The van der Waals surface area contributed by atoms with E-state index in [2.05, 4.69) is 55.4 Å². The van der Waals surface area contributed by atoms with Gasteiger partial charge < -0.3 is 25.2 Å². The minimum Gasteiger partial charge on any atom is -0.481 e. The highest BCUT2D eigenvalue weighted by atomic mass is 16.5. The predicted molar refractivity (Wildman–Crippen MR) is 261 cm³/mol. The van der Waals surface area contributed by atoms with Gasteiger partial charge in [-0.15, -0.1) is 0 Å². The Morgan fingerprint density at radius 2 is 1.19 bits per heavy atom. The topological polar surface area (TPSA) is 141 Å². The van der Waals surface area contributed by atoms with Gasteiger partial charge in [0.1, 0.15) is 11.9 Å². The van der Waals surface area contributed by atoms with Gasteiger partial charge in [-0.05, 0) is 195 Å². The van der Waals surface area contributed by atoms with Crippen molar-refractivity contribution < 1.29 is 39.5 Å². The van der Waals surface area contributed by atoms with Gasteiger partial charge >= 0.3 is 11.9 Å². The van der Waals surface area contributed by atoms with Gasteiger partial charge in [-0.2, -0.15) is 0 Å². The average Bonchev–Trinajstić information content (AvgIpc) is 3.73. The highest BCUT2D eigenvalue weighted by molar-refractivity contribution is 5.86. The molecule has 0 radical (unpaired) electrons. The van der Waals surface area contributed by atoms with Crippen molar-refractivity contribution in [2.45, 2.75) is 226 Å². The quantitative estimate of drug-likeness (QED) is 0.168. The minimum absolute atomic E-state index is 0. The van der Waals surface area contributed by atoms with Gasteiger partial charge in [-0.1, -0.05) is 91.5 Å². The molecule has 0 amide bonds. The van der Waals surface area contributed by atoms with Crippen LogP contribution in [-0.4, -0.2) is 63.1 Å². The Hall–Kier alpha value is -1.51. The van der Waals surface area contributed by atoms with Crippen LogP contribution in [0.15, 0.2) is 0 Å². The molecule has 0 spiro atoms. The van der Waals surface area contributed by atoms with Gasteiger partial charge in [0.25, 0.3) is 0 Å². The molecule has 8 nitrogen and oxygen atoms in total. The number of ketones is 1. The number of rotatable bonds is 9. The van der Waals surface area contributed by atoms with Crippen LogP contribution in [0.1, 0.15) is 208 Å². The number of ether oxygens (including phenoxy) is 1. The lowest BCUT2D eigenvalue weighted by atomic mass is 9.41. The van der Waals surface area contributed by atoms with Crippen molar-refractivity contribution in [3.8, 4) is 0 Å². The molecule has 4 N–H and O–H groups in total. The van der Waals surface area contributed by atoms with Gasteiger partial charge in [0.05, 0.1) is 12.2 Å². The molecule has 374 valence electrons. The molecule has 0 aromatic heterocycles. The van der Waals surface area contributed by atoms with E-state index in [1.54, 1.807) is 0 Å². The molecule has 0 saturated heterocycles. The summed E-state index contributed by atoms with van der Waals surface area (Å²) in [7, 11) is 0. The molecule has 64 heavy (non-hydrogen) atoms. The van der Waals surface area contributed by atoms with Crippen molar-refractivity contribution in [3.05, 3.63) is 0 Å². The second kappa shape index (κ2) is 21.4. The van der Waals surface area contributed by atoms with Crippen molar-refractivity contribution in [1.82, 2.24) is 0 Å². The SMILES string of the molecule is C.C.C.C.CC[C@H]1C(=O)[C@H]2C3CC[C@H]([C@H](C)CC(=O)O)[C@@]3(C)CCC2[C@@]2(C)CC[C@@H](O)C[C@@H]12.CC[C@H]1[C@@H](O)[C@H]2C3CC[C@H]([C@H](C)CCO)[C@@]3(C)CCC2[C@@]2(C)CC[C@@H](OC(C)=O)C[C@@H]12. The fourth-order valence-corrected chi connectivity index (χ4v) is 18.7. The van der Waals surface area contributed by atoms with Gasteiger partial charge in [0.2, 0.25) is 0 Å². The monoisotopic (exact) mass is 903 g/mol. The van der Waals surface area contributed by atoms with Crippen LogP contribution in [0.3, 0.4) is 0 Å². The van der Waals surface area contributed by atoms with Crippen molar-refractivity contribution in [1.29, 1.82) is 0 Å². The summed E-state index contributed by atoms with van der Waals surface area (Å²) >= 11 is 0. The number of carboxylic acid groups (broad SMARTS) is 1. The van der Waals surface area contributed by atoms with Crippen LogP contribution < -0.4 is 0 Å². The van der Waals surface area contributed by atoms with Crippen molar-refractivity contribution in [2.24, 2.45) is 105 Å². The summed E-state index contributed by atoms with van der Waals surface area (Å²) in [5.41, 5.74) is 0.816. The lowest BCUT2D eigenvalue weighted by Gasteiger charge is -2.64. The summed E-state index contributed by atoms with van der Waals surface area (Å²) in [6.07, 6.45) is 17.7. The molecule has 0 aromatic rings. The first-order chi connectivity index (χ1) is 28.3. The molecule has 0 aromatic carbocycles. The number of hydrogen-bond acceptors (Lipinski definition) is 7. The van der Waals surface area contributed by atoms with Crippen LogP contribution in [-0.2, 0) is 19.1 Å². The molecule has 0 heterocycles. The second-order valence-corrected chi connectivity index (χ2v) is 23.7. The first-order valence-corrected chi connectivity index (χ1v) is 25.2. The first kappa shape index (κ1) is 56.8. The zero-order valence-electron chi connectivity index (χ0n) is 39.2. The molecule has 8 aliphatic carbocycles. The lowest BCUT2D eigenvalue weighted by molar-refractivity contribution is -0.207. The standard InChI is InChI=1S/C27H46O4.C25H40O4.4CH4/c1-6-19-23-15-18(31-17(3)29)9-12-27(23,5)22-10-13-26(4)20(16(2)11-14-28)7-8-21(26)24(22)25(19)30;1-5-16-20-13-15(26)8-10-25(20,4)19-9-11-24(3)17(14(2)12-21(27)28)6-7-18(24)22(19)23(16)29;;;;/h16,18-25,28,30H,6-15H2,1-5H3;14-20,22,26H,5-13H2,1-4H3,(H,27,28);4*1H4/t16-,18-,19-,20-,21?,22?,23+,24+,25-,26-,27-;14-,15-,16-,17-,18?,19?,20+,22+,24-,25-;;;;/m11..../s1. The molecule has 0 bridgehead atoms. The maximum Gasteiger partial charge on any atom is 0.303 e. The Kier molecular flexibility index (Phi) is 19.0. The van der Waals surface area contributed by atoms with Crippen LogP contribution in [0.25, 0.3) is 0 Å². The molecule has 8 saturated carbocycles. The first-order valence-electron chi connectivity index (χ1n) is 25.2. The smallest absolute Gasteiger partial charge is 0.303 e. The van der Waals surface area contributed by atoms with E-state index in [1.807, 2.05) is 0 Å². The number of carbonyl (C=O) groups excluding carboxylic acids is 2. The zero-order chi connectivity index (χ0) is 43.7. The molecule has 8 rings (SSSR count). The number of hydrogen-bond donors (Lipinski definition) is 4. The highest BCUT2D eigenvalue weighted by Crippen LogP contribution is 2.71. The Bertz CT molecular complexity index is 1560. The molecule has 21 atom stereocenters. The third-order valence-electron chi connectivity index (χ3n) is 21.4. The normalized spacial score (nSPS) is 47.1. The number of aliphatic hydroxyl groups is 3. The summed E-state index contributed by atoms with van der Waals surface area (Å²) in [4.78, 5) is 36.8. The Labute approximate surface area is 393 Å². The summed E-state index contributed by atoms with van der Waals surface area (Å²) in [6, 6.07) is 0. The molecular formula is C56H102O8. The van der Waals surface area contributed by atoms with E-state index < -0.39 is 5.97 Å². The number of aliphatic hydroxyl groups excluding tert-OH is 3. The fraction of sp³-hybridized carbons (Fsp3) is 0.946. The van der Waals surface area contributed by atoms with Crippen LogP contribution in [0, 0.1) is 105 Å². The number of carbonyl (C=O) groups is 3. The largest absolute Gasteiger partial charge is 0.481 e. The van der Waals surface area contributed by atoms with E-state index in [0.29, 0.717) is 76.3 Å². The van der Waals surface area contributed by atoms with E-state index in [9.17, 15) is 34.8 Å². The van der Waals surface area contributed by atoms with Gasteiger partial charge in [0, 0.05) is 31.8 Å². The van der Waals surface area contributed by atoms with Crippen LogP contribution in [0.4, 0.5) is 0 Å². The van der Waals surface area contributed by atoms with E-state index in [0.717, 1.165) is 83.5 Å². The van der Waals surface area contributed by atoms with Crippen LogP contribution >= 0.6 is 0 Å². The number of fused-ring (bicyclic) bond motifs is 10. The molecule has 8 heteroatoms. The van der Waals surface area contributed by atoms with Crippen LogP contribution in [0.2, 0.25) is 0 Å². The minimum atomic E-state index is -0.700. The van der Waals surface area contributed by atoms with E-state index in [4.69, 9.17) is 4.74 Å². The third kappa shape index (κ3) is 9.33. The number of carboxylic acids is 1. The van der Waals surface area contributed by atoms with E-state index >= 15 is 0 Å². The fourth-order valence-electron chi connectivity index (χ4n) is 18.7. The highest BCUT2D eigenvalue weighted by Gasteiger charge is 2.67. The summed E-state index contributed by atoms with van der Waals surface area (Å²) in [5, 5.41) is 41.1.